The monoisotopic (exact) mass is 268 g/mol. The standard InChI is InChI=1S/C17H20N2O/c1-2-19-9-8-13-14(12-6-4-3-5-7-12)10-16(18)17(20)15(13)11-19/h3-7,10,20H,2,8-9,11,18H2,1H3. The third kappa shape index (κ3) is 2.14. The molecule has 1 aliphatic heterocycles. The van der Waals surface area contributed by atoms with Gasteiger partial charge in [0.15, 0.2) is 0 Å². The number of likely N-dealkylation sites (N-methyl/N-ethyl adjacent to an activating group) is 1. The minimum absolute atomic E-state index is 0.262. The van der Waals surface area contributed by atoms with Crippen LogP contribution in [0.25, 0.3) is 11.1 Å². The molecule has 0 bridgehead atoms. The largest absolute Gasteiger partial charge is 0.505 e. The zero-order valence-corrected chi connectivity index (χ0v) is 11.8. The van der Waals surface area contributed by atoms with E-state index in [9.17, 15) is 5.11 Å². The number of rotatable bonds is 2. The Labute approximate surface area is 119 Å². The number of nitrogen functional groups attached to an aromatic ring is 1. The molecule has 0 spiro atoms. The lowest BCUT2D eigenvalue weighted by Crippen LogP contribution is -2.30. The number of aromatic hydroxyl groups is 1. The Morgan fingerprint density at radius 3 is 2.65 bits per heavy atom. The van der Waals surface area contributed by atoms with Crippen molar-refractivity contribution in [3.05, 3.63) is 47.5 Å². The minimum atomic E-state index is 0.262. The number of benzene rings is 2. The van der Waals surface area contributed by atoms with E-state index < -0.39 is 0 Å². The molecule has 0 atom stereocenters. The third-order valence-electron chi connectivity index (χ3n) is 4.14. The highest BCUT2D eigenvalue weighted by molar-refractivity contribution is 5.77. The van der Waals surface area contributed by atoms with Crippen LogP contribution in [0.3, 0.4) is 0 Å². The smallest absolute Gasteiger partial charge is 0.143 e. The molecule has 0 aliphatic carbocycles. The summed E-state index contributed by atoms with van der Waals surface area (Å²) in [5.74, 6) is 0.262. The van der Waals surface area contributed by atoms with Gasteiger partial charge in [-0.3, -0.25) is 4.90 Å². The van der Waals surface area contributed by atoms with Crippen LogP contribution in [0.5, 0.6) is 5.75 Å². The Morgan fingerprint density at radius 1 is 1.20 bits per heavy atom. The Morgan fingerprint density at radius 2 is 1.95 bits per heavy atom. The summed E-state index contributed by atoms with van der Waals surface area (Å²) in [4.78, 5) is 2.33. The highest BCUT2D eigenvalue weighted by Gasteiger charge is 2.23. The Kier molecular flexibility index (Phi) is 3.36. The first-order valence-corrected chi connectivity index (χ1v) is 7.11. The van der Waals surface area contributed by atoms with E-state index in [0.29, 0.717) is 5.69 Å². The van der Waals surface area contributed by atoms with Crippen molar-refractivity contribution in [2.45, 2.75) is 19.9 Å². The molecule has 0 saturated heterocycles. The van der Waals surface area contributed by atoms with Crippen molar-refractivity contribution in [1.82, 2.24) is 4.90 Å². The van der Waals surface area contributed by atoms with Gasteiger partial charge in [-0.15, -0.1) is 0 Å². The summed E-state index contributed by atoms with van der Waals surface area (Å²) in [6, 6.07) is 12.2. The van der Waals surface area contributed by atoms with Crippen LogP contribution < -0.4 is 5.73 Å². The van der Waals surface area contributed by atoms with Gasteiger partial charge >= 0.3 is 0 Å². The number of nitrogens with two attached hydrogens (primary N) is 1. The second-order valence-corrected chi connectivity index (χ2v) is 5.30. The van der Waals surface area contributed by atoms with Crippen molar-refractivity contribution in [1.29, 1.82) is 0 Å². The molecule has 0 amide bonds. The molecule has 2 aromatic carbocycles. The van der Waals surface area contributed by atoms with E-state index in [-0.39, 0.29) is 5.75 Å². The molecular formula is C17H20N2O. The minimum Gasteiger partial charge on any atom is -0.505 e. The number of phenols is 1. The van der Waals surface area contributed by atoms with Crippen LogP contribution >= 0.6 is 0 Å². The van der Waals surface area contributed by atoms with Crippen LogP contribution in [0, 0.1) is 0 Å². The van der Waals surface area contributed by atoms with E-state index >= 15 is 0 Å². The predicted molar refractivity (Wildman–Crippen MR) is 82.6 cm³/mol. The molecule has 3 rings (SSSR count). The molecule has 0 fully saturated rings. The van der Waals surface area contributed by atoms with E-state index in [1.807, 2.05) is 24.3 Å². The number of fused-ring (bicyclic) bond motifs is 1. The number of anilines is 1. The Balaban J connectivity index is 2.16. The molecule has 3 nitrogen and oxygen atoms in total. The van der Waals surface area contributed by atoms with Crippen LogP contribution in [0.15, 0.2) is 36.4 Å². The van der Waals surface area contributed by atoms with Crippen LogP contribution in [-0.2, 0) is 13.0 Å². The maximum atomic E-state index is 10.3. The molecule has 1 heterocycles. The van der Waals surface area contributed by atoms with Crippen molar-refractivity contribution >= 4 is 5.69 Å². The van der Waals surface area contributed by atoms with E-state index in [1.54, 1.807) is 0 Å². The SMILES string of the molecule is CCN1CCc2c(-c3ccccc3)cc(N)c(O)c2C1. The summed E-state index contributed by atoms with van der Waals surface area (Å²) < 4.78 is 0. The van der Waals surface area contributed by atoms with Gasteiger partial charge in [-0.05, 0) is 35.7 Å². The van der Waals surface area contributed by atoms with Crippen molar-refractivity contribution in [2.75, 3.05) is 18.8 Å². The Hall–Kier alpha value is -2.00. The molecule has 3 heteroatoms. The number of hydrogen-bond donors (Lipinski definition) is 2. The van der Waals surface area contributed by atoms with Crippen molar-refractivity contribution in [3.8, 4) is 16.9 Å². The van der Waals surface area contributed by atoms with E-state index in [0.717, 1.165) is 37.2 Å². The summed E-state index contributed by atoms with van der Waals surface area (Å²) in [6.45, 7) is 4.95. The van der Waals surface area contributed by atoms with Gasteiger partial charge in [0, 0.05) is 18.7 Å². The summed E-state index contributed by atoms with van der Waals surface area (Å²) in [5.41, 5.74) is 11.0. The van der Waals surface area contributed by atoms with Gasteiger partial charge in [0.2, 0.25) is 0 Å². The maximum absolute atomic E-state index is 10.3. The quantitative estimate of drug-likeness (QED) is 0.650. The second kappa shape index (κ2) is 5.17. The van der Waals surface area contributed by atoms with Crippen LogP contribution in [-0.4, -0.2) is 23.1 Å². The average molecular weight is 268 g/mol. The van der Waals surface area contributed by atoms with Crippen molar-refractivity contribution < 1.29 is 5.11 Å². The van der Waals surface area contributed by atoms with Gasteiger partial charge < -0.3 is 10.8 Å². The number of hydrogen-bond acceptors (Lipinski definition) is 3. The molecule has 0 radical (unpaired) electrons. The van der Waals surface area contributed by atoms with E-state index in [1.165, 1.54) is 11.1 Å². The van der Waals surface area contributed by atoms with Crippen LogP contribution in [0.1, 0.15) is 18.1 Å². The van der Waals surface area contributed by atoms with Gasteiger partial charge in [-0.2, -0.15) is 0 Å². The van der Waals surface area contributed by atoms with E-state index in [2.05, 4.69) is 24.0 Å². The second-order valence-electron chi connectivity index (χ2n) is 5.30. The van der Waals surface area contributed by atoms with Gasteiger partial charge in [-0.25, -0.2) is 0 Å². The van der Waals surface area contributed by atoms with Gasteiger partial charge in [-0.1, -0.05) is 37.3 Å². The maximum Gasteiger partial charge on any atom is 0.143 e. The highest BCUT2D eigenvalue weighted by Crippen LogP contribution is 2.39. The molecule has 0 aromatic heterocycles. The number of phenolic OH excluding ortho intramolecular Hbond substituents is 1. The number of nitrogens with zero attached hydrogens (tertiary/aromatic N) is 1. The molecular weight excluding hydrogens is 248 g/mol. The van der Waals surface area contributed by atoms with Gasteiger partial charge in [0.1, 0.15) is 5.75 Å². The fourth-order valence-electron chi connectivity index (χ4n) is 2.96. The lowest BCUT2D eigenvalue weighted by Gasteiger charge is -2.30. The third-order valence-corrected chi connectivity index (χ3v) is 4.14. The molecule has 1 aliphatic rings. The Bertz CT molecular complexity index is 623. The summed E-state index contributed by atoms with van der Waals surface area (Å²) >= 11 is 0. The van der Waals surface area contributed by atoms with Gasteiger partial charge in [0.05, 0.1) is 5.69 Å². The summed E-state index contributed by atoms with van der Waals surface area (Å²) in [6.07, 6.45) is 0.960. The summed E-state index contributed by atoms with van der Waals surface area (Å²) in [5, 5.41) is 10.3. The zero-order chi connectivity index (χ0) is 14.1. The first-order valence-electron chi connectivity index (χ1n) is 7.11. The molecule has 20 heavy (non-hydrogen) atoms. The zero-order valence-electron chi connectivity index (χ0n) is 11.8. The highest BCUT2D eigenvalue weighted by atomic mass is 16.3. The topological polar surface area (TPSA) is 49.5 Å². The van der Waals surface area contributed by atoms with Crippen LogP contribution in [0.4, 0.5) is 5.69 Å². The fraction of sp³-hybridized carbons (Fsp3) is 0.294. The average Bonchev–Trinajstić information content (AvgIpc) is 2.51. The normalized spacial score (nSPS) is 15.1. The van der Waals surface area contributed by atoms with E-state index in [4.69, 9.17) is 5.73 Å². The molecule has 104 valence electrons. The first kappa shape index (κ1) is 13.0. The predicted octanol–water partition coefficient (Wildman–Crippen LogP) is 3.02. The lowest BCUT2D eigenvalue weighted by molar-refractivity contribution is 0.263. The van der Waals surface area contributed by atoms with Gasteiger partial charge in [0.25, 0.3) is 0 Å². The fourth-order valence-corrected chi connectivity index (χ4v) is 2.96. The summed E-state index contributed by atoms with van der Waals surface area (Å²) in [7, 11) is 0. The molecule has 2 aromatic rings. The molecule has 3 N–H and O–H groups in total. The van der Waals surface area contributed by atoms with Crippen LogP contribution in [0.2, 0.25) is 0 Å². The van der Waals surface area contributed by atoms with Crippen molar-refractivity contribution in [3.63, 3.8) is 0 Å². The van der Waals surface area contributed by atoms with Crippen molar-refractivity contribution in [2.24, 2.45) is 0 Å². The molecule has 0 unspecified atom stereocenters. The molecule has 0 saturated carbocycles. The lowest BCUT2D eigenvalue weighted by atomic mass is 9.89. The first-order chi connectivity index (χ1) is 9.70.